The van der Waals surface area contributed by atoms with Gasteiger partial charge in [0.1, 0.15) is 0 Å². The molecule has 1 rings (SSSR count). The number of nitrogens with zero attached hydrogens (tertiary/aromatic N) is 1. The Balaban J connectivity index is 0.00000169. The van der Waals surface area contributed by atoms with E-state index in [1.54, 1.807) is 0 Å². The molecule has 0 radical (unpaired) electrons. The van der Waals surface area contributed by atoms with Gasteiger partial charge in [-0.1, -0.05) is 26.7 Å². The second-order valence-corrected chi connectivity index (χ2v) is 4.65. The molecule has 0 amide bonds. The van der Waals surface area contributed by atoms with Crippen molar-refractivity contribution in [2.75, 3.05) is 26.2 Å². The van der Waals surface area contributed by atoms with Crippen molar-refractivity contribution >= 4 is 0 Å². The van der Waals surface area contributed by atoms with E-state index in [2.05, 4.69) is 13.8 Å². The van der Waals surface area contributed by atoms with Crippen LogP contribution in [0.5, 0.6) is 0 Å². The van der Waals surface area contributed by atoms with E-state index < -0.39 is 0 Å². The van der Waals surface area contributed by atoms with E-state index in [0.29, 0.717) is 0 Å². The summed E-state index contributed by atoms with van der Waals surface area (Å²) in [4.78, 5) is 0. The number of hydrogen-bond donors (Lipinski definition) is 0. The van der Waals surface area contributed by atoms with Gasteiger partial charge in [0.25, 0.3) is 0 Å². The van der Waals surface area contributed by atoms with E-state index in [9.17, 15) is 0 Å². The molecule has 0 aromatic heterocycles. The van der Waals surface area contributed by atoms with Crippen LogP contribution in [-0.4, -0.2) is 30.7 Å². The van der Waals surface area contributed by atoms with Gasteiger partial charge in [-0.15, -0.1) is 0 Å². The van der Waals surface area contributed by atoms with Crippen molar-refractivity contribution in [2.45, 2.75) is 52.4 Å². The van der Waals surface area contributed by atoms with Gasteiger partial charge < -0.3 is 21.5 Å². The first-order valence-electron chi connectivity index (χ1n) is 6.18. The number of quaternary nitrogens is 1. The monoisotopic (exact) mass is 263 g/mol. The molecule has 0 aromatic carbocycles. The van der Waals surface area contributed by atoms with Crippen LogP contribution >= 0.6 is 0 Å². The minimum atomic E-state index is 0. The Morgan fingerprint density at radius 2 is 1.29 bits per heavy atom. The Labute approximate surface area is 100 Å². The van der Waals surface area contributed by atoms with Gasteiger partial charge in [0.2, 0.25) is 0 Å². The number of hydrogen-bond acceptors (Lipinski definition) is 0. The van der Waals surface area contributed by atoms with Crippen LogP contribution in [0.25, 0.3) is 0 Å². The van der Waals surface area contributed by atoms with Gasteiger partial charge in [-0.2, -0.15) is 0 Å². The third kappa shape index (κ3) is 4.31. The van der Waals surface area contributed by atoms with Crippen LogP contribution in [0.2, 0.25) is 0 Å². The van der Waals surface area contributed by atoms with Gasteiger partial charge in [0, 0.05) is 12.8 Å². The summed E-state index contributed by atoms with van der Waals surface area (Å²) in [5.74, 6) is 0. The third-order valence-corrected chi connectivity index (χ3v) is 3.49. The lowest BCUT2D eigenvalue weighted by atomic mass is 10.2. The summed E-state index contributed by atoms with van der Waals surface area (Å²) in [5, 5.41) is 0. The first kappa shape index (κ1) is 14.4. The van der Waals surface area contributed by atoms with Crippen LogP contribution in [0, 0.1) is 0 Å². The molecule has 1 fully saturated rings. The van der Waals surface area contributed by atoms with Crippen molar-refractivity contribution in [3.8, 4) is 0 Å². The van der Waals surface area contributed by atoms with Gasteiger partial charge in [0.15, 0.2) is 0 Å². The predicted molar refractivity (Wildman–Crippen MR) is 58.8 cm³/mol. The van der Waals surface area contributed by atoms with Crippen molar-refractivity contribution in [1.29, 1.82) is 0 Å². The summed E-state index contributed by atoms with van der Waals surface area (Å²) in [6.45, 7) is 10.5. The maximum atomic E-state index is 2.31. The fraction of sp³-hybridized carbons (Fsp3) is 1.00. The molecule has 1 heterocycles. The zero-order valence-corrected chi connectivity index (χ0v) is 11.5. The Kier molecular flexibility index (Phi) is 7.94. The Morgan fingerprint density at radius 1 is 0.857 bits per heavy atom. The van der Waals surface area contributed by atoms with Crippen LogP contribution in [0.3, 0.4) is 0 Å². The fourth-order valence-electron chi connectivity index (χ4n) is 2.55. The lowest BCUT2D eigenvalue weighted by Gasteiger charge is -2.34. The normalized spacial score (nSPS) is 19.3. The van der Waals surface area contributed by atoms with Gasteiger partial charge in [-0.25, -0.2) is 0 Å². The van der Waals surface area contributed by atoms with Gasteiger partial charge in [0.05, 0.1) is 26.2 Å². The van der Waals surface area contributed by atoms with E-state index in [4.69, 9.17) is 0 Å². The van der Waals surface area contributed by atoms with Crippen LogP contribution < -0.4 is 17.0 Å². The largest absolute Gasteiger partial charge is 1.00 e. The van der Waals surface area contributed by atoms with Crippen molar-refractivity contribution in [1.82, 2.24) is 0 Å². The summed E-state index contributed by atoms with van der Waals surface area (Å²) < 4.78 is 1.46. The molecule has 0 bridgehead atoms. The molecule has 2 heteroatoms. The van der Waals surface area contributed by atoms with Crippen LogP contribution in [0.1, 0.15) is 52.4 Å². The minimum absolute atomic E-state index is 0. The molecular formula is C12H26BrN. The maximum absolute atomic E-state index is 2.31. The third-order valence-electron chi connectivity index (χ3n) is 3.49. The molecule has 0 N–H and O–H groups in total. The van der Waals surface area contributed by atoms with Crippen molar-refractivity contribution in [3.05, 3.63) is 0 Å². The van der Waals surface area contributed by atoms with Gasteiger partial charge in [-0.05, 0) is 12.8 Å². The molecule has 86 valence electrons. The molecule has 0 aliphatic carbocycles. The van der Waals surface area contributed by atoms with Gasteiger partial charge >= 0.3 is 0 Å². The molecule has 0 aromatic rings. The standard InChI is InChI=1S/C12H26N.BrH/c1-3-5-9-13(10-6-4-2)11-7-8-12-13;/h3-12H2,1-2H3;1H/q+1;/p-1. The van der Waals surface area contributed by atoms with Crippen molar-refractivity contribution in [2.24, 2.45) is 0 Å². The first-order valence-corrected chi connectivity index (χ1v) is 6.18. The smallest absolute Gasteiger partial charge is 0.0788 e. The molecule has 1 saturated heterocycles. The van der Waals surface area contributed by atoms with E-state index in [0.717, 1.165) is 0 Å². The molecule has 0 unspecified atom stereocenters. The van der Waals surface area contributed by atoms with Crippen LogP contribution in [-0.2, 0) is 0 Å². The Hall–Kier alpha value is 0.440. The summed E-state index contributed by atoms with van der Waals surface area (Å²) in [6.07, 6.45) is 8.56. The van der Waals surface area contributed by atoms with E-state index in [1.165, 1.54) is 69.2 Å². The highest BCUT2D eigenvalue weighted by molar-refractivity contribution is 4.55. The topological polar surface area (TPSA) is 0 Å². The zero-order chi connectivity index (χ0) is 9.57. The number of halogens is 1. The quantitative estimate of drug-likeness (QED) is 0.601. The predicted octanol–water partition coefficient (Wildman–Crippen LogP) is 0.201. The molecule has 14 heavy (non-hydrogen) atoms. The highest BCUT2D eigenvalue weighted by Gasteiger charge is 2.29. The highest BCUT2D eigenvalue weighted by atomic mass is 79.9. The molecule has 0 saturated carbocycles. The lowest BCUT2D eigenvalue weighted by molar-refractivity contribution is -0.917. The summed E-state index contributed by atoms with van der Waals surface area (Å²) in [7, 11) is 0. The summed E-state index contributed by atoms with van der Waals surface area (Å²) in [5.41, 5.74) is 0. The number of rotatable bonds is 6. The van der Waals surface area contributed by atoms with Crippen molar-refractivity contribution in [3.63, 3.8) is 0 Å². The van der Waals surface area contributed by atoms with Gasteiger partial charge in [-0.3, -0.25) is 0 Å². The van der Waals surface area contributed by atoms with E-state index in [1.807, 2.05) is 0 Å². The molecule has 1 aliphatic rings. The van der Waals surface area contributed by atoms with E-state index in [-0.39, 0.29) is 17.0 Å². The fourth-order valence-corrected chi connectivity index (χ4v) is 2.55. The second-order valence-electron chi connectivity index (χ2n) is 4.65. The molecule has 1 nitrogen and oxygen atoms in total. The average Bonchev–Trinajstić information content (AvgIpc) is 2.61. The molecule has 0 spiro atoms. The first-order chi connectivity index (χ1) is 6.33. The van der Waals surface area contributed by atoms with Crippen LogP contribution in [0.15, 0.2) is 0 Å². The van der Waals surface area contributed by atoms with Crippen molar-refractivity contribution < 1.29 is 21.5 Å². The number of likely N-dealkylation sites (tertiary alicyclic amines) is 1. The summed E-state index contributed by atoms with van der Waals surface area (Å²) >= 11 is 0. The zero-order valence-electron chi connectivity index (χ0n) is 9.90. The molecular weight excluding hydrogens is 238 g/mol. The van der Waals surface area contributed by atoms with E-state index >= 15 is 0 Å². The Bertz CT molecular complexity index is 120. The molecule has 0 atom stereocenters. The SMILES string of the molecule is CCCC[N+]1(CCCC)CCCC1.[Br-]. The average molecular weight is 264 g/mol. The minimum Gasteiger partial charge on any atom is -1.00 e. The molecule has 1 aliphatic heterocycles. The second kappa shape index (κ2) is 7.70. The van der Waals surface area contributed by atoms with Crippen LogP contribution in [0.4, 0.5) is 0 Å². The lowest BCUT2D eigenvalue weighted by Crippen LogP contribution is -3.00. The highest BCUT2D eigenvalue weighted by Crippen LogP contribution is 2.21. The Morgan fingerprint density at radius 3 is 1.64 bits per heavy atom. The maximum Gasteiger partial charge on any atom is 0.0788 e. The number of unbranched alkanes of at least 4 members (excludes halogenated alkanes) is 2. The summed E-state index contributed by atoms with van der Waals surface area (Å²) in [6, 6.07) is 0.